The molecule has 0 aromatic carbocycles. The van der Waals surface area contributed by atoms with E-state index in [0.717, 1.165) is 43.3 Å². The number of hydrogen-bond acceptors (Lipinski definition) is 5. The zero-order valence-corrected chi connectivity index (χ0v) is 17.5. The van der Waals surface area contributed by atoms with Crippen molar-refractivity contribution in [2.45, 2.75) is 58.2 Å². The van der Waals surface area contributed by atoms with Gasteiger partial charge in [-0.25, -0.2) is 4.79 Å². The van der Waals surface area contributed by atoms with Crippen LogP contribution >= 0.6 is 0 Å². The minimum atomic E-state index is -0.465. The second kappa shape index (κ2) is 10.9. The quantitative estimate of drug-likeness (QED) is 0.416. The Morgan fingerprint density at radius 3 is 2.86 bits per heavy atom. The summed E-state index contributed by atoms with van der Waals surface area (Å²) < 4.78 is 9.92. The Labute approximate surface area is 169 Å². The van der Waals surface area contributed by atoms with Gasteiger partial charge in [0, 0.05) is 5.92 Å². The van der Waals surface area contributed by atoms with Gasteiger partial charge in [0.1, 0.15) is 6.61 Å². The average Bonchev–Trinajstić information content (AvgIpc) is 3.21. The van der Waals surface area contributed by atoms with Crippen molar-refractivity contribution < 1.29 is 24.5 Å². The van der Waals surface area contributed by atoms with Crippen molar-refractivity contribution in [2.75, 3.05) is 20.3 Å². The third-order valence-electron chi connectivity index (χ3n) is 6.18. The van der Waals surface area contributed by atoms with E-state index < -0.39 is 12.1 Å². The number of esters is 1. The lowest BCUT2D eigenvalue weighted by molar-refractivity contribution is -0.145. The molecule has 158 valence electrons. The first kappa shape index (κ1) is 22.9. The van der Waals surface area contributed by atoms with Gasteiger partial charge in [0.25, 0.3) is 0 Å². The third kappa shape index (κ3) is 6.03. The summed E-state index contributed by atoms with van der Waals surface area (Å²) in [5.41, 5.74) is 2.03. The van der Waals surface area contributed by atoms with Gasteiger partial charge in [0.15, 0.2) is 0 Å². The number of aliphatic hydroxyl groups excluding tert-OH is 2. The number of methoxy groups -OCH3 is 1. The predicted molar refractivity (Wildman–Crippen MR) is 110 cm³/mol. The van der Waals surface area contributed by atoms with Crippen LogP contribution in [0.1, 0.15) is 46.0 Å². The van der Waals surface area contributed by atoms with Crippen LogP contribution in [0.2, 0.25) is 0 Å². The SMILES string of the molecule is C=C(COCC(=O)OC)C1=C[C@H]2C[C@@H](O)[C@H](/C=C/[C@@H](O)C(C)CCCC)[C@H]2C1. The normalized spacial score (nSPS) is 28.8. The maximum Gasteiger partial charge on any atom is 0.331 e. The molecular weight excluding hydrogens is 356 g/mol. The van der Waals surface area contributed by atoms with Crippen LogP contribution in [0.3, 0.4) is 0 Å². The molecule has 0 saturated heterocycles. The van der Waals surface area contributed by atoms with Crippen molar-refractivity contribution in [1.29, 1.82) is 0 Å². The fourth-order valence-corrected chi connectivity index (χ4v) is 4.31. The van der Waals surface area contributed by atoms with Crippen LogP contribution in [0, 0.1) is 23.7 Å². The highest BCUT2D eigenvalue weighted by Gasteiger charge is 2.43. The highest BCUT2D eigenvalue weighted by molar-refractivity contribution is 5.70. The Morgan fingerprint density at radius 1 is 1.43 bits per heavy atom. The van der Waals surface area contributed by atoms with Crippen molar-refractivity contribution >= 4 is 5.97 Å². The molecule has 2 aliphatic rings. The van der Waals surface area contributed by atoms with Crippen molar-refractivity contribution in [3.8, 4) is 0 Å². The summed E-state index contributed by atoms with van der Waals surface area (Å²) in [6.45, 7) is 8.55. The number of carbonyl (C=O) groups excluding carboxylic acids is 1. The lowest BCUT2D eigenvalue weighted by Crippen LogP contribution is -2.20. The van der Waals surface area contributed by atoms with E-state index in [1.54, 1.807) is 0 Å². The number of carbonyl (C=O) groups is 1. The molecule has 28 heavy (non-hydrogen) atoms. The van der Waals surface area contributed by atoms with Gasteiger partial charge in [0.2, 0.25) is 0 Å². The number of aliphatic hydroxyl groups is 2. The minimum Gasteiger partial charge on any atom is -0.467 e. The first-order valence-corrected chi connectivity index (χ1v) is 10.4. The first-order valence-electron chi connectivity index (χ1n) is 10.4. The van der Waals surface area contributed by atoms with Crippen LogP contribution in [0.15, 0.2) is 36.0 Å². The topological polar surface area (TPSA) is 76.0 Å². The Kier molecular flexibility index (Phi) is 8.93. The molecule has 2 aliphatic carbocycles. The van der Waals surface area contributed by atoms with Crippen molar-refractivity contribution in [3.63, 3.8) is 0 Å². The second-order valence-corrected chi connectivity index (χ2v) is 8.27. The van der Waals surface area contributed by atoms with Gasteiger partial charge in [0.05, 0.1) is 25.9 Å². The van der Waals surface area contributed by atoms with E-state index in [4.69, 9.17) is 4.74 Å². The van der Waals surface area contributed by atoms with E-state index >= 15 is 0 Å². The van der Waals surface area contributed by atoms with E-state index in [1.165, 1.54) is 7.11 Å². The van der Waals surface area contributed by atoms with Crippen molar-refractivity contribution in [3.05, 3.63) is 36.0 Å². The molecule has 5 nitrogen and oxygen atoms in total. The molecule has 0 bridgehead atoms. The highest BCUT2D eigenvalue weighted by atomic mass is 16.6. The molecule has 2 rings (SSSR count). The van der Waals surface area contributed by atoms with Gasteiger partial charge < -0.3 is 19.7 Å². The molecule has 0 amide bonds. The molecule has 0 radical (unpaired) electrons. The second-order valence-electron chi connectivity index (χ2n) is 8.27. The number of ether oxygens (including phenoxy) is 2. The van der Waals surface area contributed by atoms with E-state index in [9.17, 15) is 15.0 Å². The van der Waals surface area contributed by atoms with Gasteiger partial charge in [-0.2, -0.15) is 0 Å². The van der Waals surface area contributed by atoms with E-state index in [2.05, 4.69) is 31.2 Å². The molecule has 0 aromatic rings. The molecular formula is C23H36O5. The van der Waals surface area contributed by atoms with Crippen LogP contribution in [0.4, 0.5) is 0 Å². The smallest absolute Gasteiger partial charge is 0.331 e. The fraction of sp³-hybridized carbons (Fsp3) is 0.696. The minimum absolute atomic E-state index is 0.0514. The molecule has 5 heteroatoms. The summed E-state index contributed by atoms with van der Waals surface area (Å²) in [4.78, 5) is 11.1. The monoisotopic (exact) mass is 392 g/mol. The number of fused-ring (bicyclic) bond motifs is 1. The van der Waals surface area contributed by atoms with Gasteiger partial charge in [-0.05, 0) is 48.2 Å². The first-order chi connectivity index (χ1) is 13.4. The average molecular weight is 393 g/mol. The third-order valence-corrected chi connectivity index (χ3v) is 6.18. The summed E-state index contributed by atoms with van der Waals surface area (Å²) in [6.07, 6.45) is 10.1. The van der Waals surface area contributed by atoms with Crippen LogP contribution in [0.5, 0.6) is 0 Å². The van der Waals surface area contributed by atoms with E-state index in [0.29, 0.717) is 18.4 Å². The van der Waals surface area contributed by atoms with Crippen LogP contribution in [0.25, 0.3) is 0 Å². The van der Waals surface area contributed by atoms with E-state index in [1.807, 2.05) is 12.2 Å². The fourth-order valence-electron chi connectivity index (χ4n) is 4.31. The molecule has 0 spiro atoms. The van der Waals surface area contributed by atoms with Crippen LogP contribution in [-0.4, -0.2) is 48.7 Å². The zero-order valence-electron chi connectivity index (χ0n) is 17.5. The van der Waals surface area contributed by atoms with Gasteiger partial charge >= 0.3 is 5.97 Å². The molecule has 0 heterocycles. The summed E-state index contributed by atoms with van der Waals surface area (Å²) in [5.74, 6) is 0.540. The maximum absolute atomic E-state index is 11.1. The highest BCUT2D eigenvalue weighted by Crippen LogP contribution is 2.48. The largest absolute Gasteiger partial charge is 0.467 e. The number of allylic oxidation sites excluding steroid dienone is 1. The summed E-state index contributed by atoms with van der Waals surface area (Å²) in [6, 6.07) is 0. The molecule has 0 aromatic heterocycles. The summed E-state index contributed by atoms with van der Waals surface area (Å²) >= 11 is 0. The van der Waals surface area contributed by atoms with Crippen LogP contribution < -0.4 is 0 Å². The molecule has 0 aliphatic heterocycles. The summed E-state index contributed by atoms with van der Waals surface area (Å²) in [7, 11) is 1.33. The summed E-state index contributed by atoms with van der Waals surface area (Å²) in [5, 5.41) is 20.9. The maximum atomic E-state index is 11.1. The number of rotatable bonds is 11. The number of hydrogen-bond donors (Lipinski definition) is 2. The van der Waals surface area contributed by atoms with Gasteiger partial charge in [-0.1, -0.05) is 51.5 Å². The van der Waals surface area contributed by atoms with Crippen LogP contribution in [-0.2, 0) is 14.3 Å². The standard InChI is InChI=1S/C23H36O5/c1-5-6-7-15(2)21(24)9-8-19-20-11-17(10-18(20)12-22(19)25)16(3)13-28-14-23(26)27-4/h8-10,15,18-22,24-25H,3,5-7,11-14H2,1-2,4H3/b9-8+/t15?,18-,19+,20-,21+,22+/m0/s1. The Hall–Kier alpha value is -1.43. The predicted octanol–water partition coefficient (Wildman–Crippen LogP) is 3.42. The molecule has 6 atom stereocenters. The zero-order chi connectivity index (χ0) is 20.7. The molecule has 1 fully saturated rings. The Morgan fingerprint density at radius 2 is 2.18 bits per heavy atom. The molecule has 2 N–H and O–H groups in total. The number of unbranched alkanes of at least 4 members (excludes halogenated alkanes) is 1. The van der Waals surface area contributed by atoms with Crippen molar-refractivity contribution in [1.82, 2.24) is 0 Å². The van der Waals surface area contributed by atoms with Gasteiger partial charge in [-0.3, -0.25) is 0 Å². The molecule has 1 unspecified atom stereocenters. The molecule has 1 saturated carbocycles. The van der Waals surface area contributed by atoms with E-state index in [-0.39, 0.29) is 24.5 Å². The Bertz CT molecular complexity index is 594. The Balaban J connectivity index is 1.88. The lowest BCUT2D eigenvalue weighted by atomic mass is 9.87. The van der Waals surface area contributed by atoms with Gasteiger partial charge in [-0.15, -0.1) is 0 Å². The lowest BCUT2D eigenvalue weighted by Gasteiger charge is -2.20. The van der Waals surface area contributed by atoms with Crippen molar-refractivity contribution in [2.24, 2.45) is 23.7 Å².